The largest absolute Gasteiger partial charge is 0.489 e. The van der Waals surface area contributed by atoms with E-state index in [0.717, 1.165) is 28.8 Å². The Kier molecular flexibility index (Phi) is 12.5. The first-order valence-electron chi connectivity index (χ1n) is 15.4. The Hall–Kier alpha value is -5.97. The Bertz CT molecular complexity index is 1920. The Labute approximate surface area is 289 Å². The molecule has 0 N–H and O–H groups in total. The molecule has 0 aliphatic heterocycles. The normalized spacial score (nSPS) is 10.6. The summed E-state index contributed by atoms with van der Waals surface area (Å²) in [5, 5.41) is 0. The monoisotopic (exact) mass is 706 g/mol. The minimum absolute atomic E-state index is 0.160. The van der Waals surface area contributed by atoms with Crippen LogP contribution in [0.3, 0.4) is 0 Å². The molecule has 0 aliphatic carbocycles. The van der Waals surface area contributed by atoms with Crippen LogP contribution in [-0.4, -0.2) is 0 Å². The highest BCUT2D eigenvalue weighted by molar-refractivity contribution is 5.78. The van der Waals surface area contributed by atoms with Crippen molar-refractivity contribution >= 4 is 0 Å². The van der Waals surface area contributed by atoms with Gasteiger partial charge in [-0.2, -0.15) is 0 Å². The zero-order chi connectivity index (χ0) is 36.2. The van der Waals surface area contributed by atoms with Crippen molar-refractivity contribution in [2.75, 3.05) is 0 Å². The van der Waals surface area contributed by atoms with E-state index in [2.05, 4.69) is 4.94 Å². The maximum Gasteiger partial charge on any atom is 0.194 e. The minimum Gasteiger partial charge on any atom is -0.489 e. The van der Waals surface area contributed by atoms with Gasteiger partial charge in [-0.15, -0.1) is 0 Å². The van der Waals surface area contributed by atoms with Crippen LogP contribution < -0.4 is 19.2 Å². The first-order chi connectivity index (χ1) is 24.7. The molecule has 262 valence electrons. The van der Waals surface area contributed by atoms with Gasteiger partial charge in [0.2, 0.25) is 0 Å². The number of alkyl halides is 1. The van der Waals surface area contributed by atoms with Gasteiger partial charge in [-0.25, -0.2) is 26.3 Å². The summed E-state index contributed by atoms with van der Waals surface area (Å²) >= 11 is 0. The first-order valence-corrected chi connectivity index (χ1v) is 15.4. The molecule has 0 amide bonds. The van der Waals surface area contributed by atoms with Crippen LogP contribution in [-0.2, 0) is 26.5 Å². The average Bonchev–Trinajstić information content (AvgIpc) is 3.15. The number of hydrogen-bond donors (Lipinski definition) is 0. The molecule has 0 aromatic heterocycles. The second kappa shape index (κ2) is 17.6. The molecule has 0 unspecified atom stereocenters. The summed E-state index contributed by atoms with van der Waals surface area (Å²) in [6, 6.07) is 35.1. The van der Waals surface area contributed by atoms with Crippen LogP contribution in [0.1, 0.15) is 22.3 Å². The van der Waals surface area contributed by atoms with E-state index >= 15 is 0 Å². The van der Waals surface area contributed by atoms with Crippen LogP contribution in [0.15, 0.2) is 127 Å². The van der Waals surface area contributed by atoms with E-state index in [-0.39, 0.29) is 18.8 Å². The second-order valence-electron chi connectivity index (χ2n) is 10.9. The van der Waals surface area contributed by atoms with Crippen molar-refractivity contribution in [3.8, 4) is 34.1 Å². The highest BCUT2D eigenvalue weighted by atomic mass is 19.3. The van der Waals surface area contributed by atoms with Crippen molar-refractivity contribution in [2.45, 2.75) is 26.5 Å². The van der Waals surface area contributed by atoms with Gasteiger partial charge in [0.1, 0.15) is 55.4 Å². The van der Waals surface area contributed by atoms with Gasteiger partial charge in [-0.3, -0.25) is 4.94 Å². The van der Waals surface area contributed by atoms with Gasteiger partial charge in [-0.1, -0.05) is 91.0 Å². The number of halogens is 7. The number of ether oxygens (including phenoxy) is 3. The van der Waals surface area contributed by atoms with Gasteiger partial charge in [0.05, 0.1) is 11.1 Å². The van der Waals surface area contributed by atoms with E-state index in [9.17, 15) is 30.9 Å². The molecule has 4 nitrogen and oxygen atoms in total. The van der Waals surface area contributed by atoms with E-state index in [1.165, 1.54) is 0 Å². The second-order valence-corrected chi connectivity index (χ2v) is 10.9. The molecule has 11 heteroatoms. The lowest BCUT2D eigenvalue weighted by Crippen LogP contribution is -2.04. The Morgan fingerprint density at radius 3 is 1.25 bits per heavy atom. The number of rotatable bonds is 12. The van der Waals surface area contributed by atoms with Crippen molar-refractivity contribution in [2.24, 2.45) is 0 Å². The van der Waals surface area contributed by atoms with Gasteiger partial charge in [-0.05, 0) is 34.4 Å². The molecule has 0 aliphatic rings. The van der Waals surface area contributed by atoms with E-state index in [4.69, 9.17) is 14.2 Å². The lowest BCUT2D eigenvalue weighted by Gasteiger charge is -2.20. The Balaban J connectivity index is 0.000000392. The predicted octanol–water partition coefficient (Wildman–Crippen LogP) is 11.2. The Morgan fingerprint density at radius 2 is 0.863 bits per heavy atom. The van der Waals surface area contributed by atoms with Crippen LogP contribution in [0.4, 0.5) is 30.9 Å². The molecule has 0 spiro atoms. The highest BCUT2D eigenvalue weighted by Crippen LogP contribution is 2.44. The minimum atomic E-state index is -1.65. The molecule has 6 aromatic rings. The Morgan fingerprint density at radius 1 is 0.451 bits per heavy atom. The lowest BCUT2D eigenvalue weighted by molar-refractivity contribution is -0.00711. The summed E-state index contributed by atoms with van der Waals surface area (Å²) in [6.45, 7) is -0.562. The fourth-order valence-electron chi connectivity index (χ4n) is 4.82. The van der Waals surface area contributed by atoms with E-state index in [1.54, 1.807) is 12.1 Å². The van der Waals surface area contributed by atoms with Crippen molar-refractivity contribution in [3.63, 3.8) is 0 Å². The topological polar surface area (TPSA) is 36.9 Å². The van der Waals surface area contributed by atoms with Gasteiger partial charge in [0.25, 0.3) is 0 Å². The standard InChI is InChI=1S/C34H27F3O3.C6H2F4O/c35-20-29-30(36)16-27(17-31(29)37)34-32(39-22-25-12-6-2-7-13-25)18-28(38-21-24-10-4-1-5-11-24)19-33(34)40-23-26-14-8-3-9-15-26;7-4-1-3(11-10)2-5(8)6(4)9/h1-19H,20-23H2;1-2H. The van der Waals surface area contributed by atoms with Gasteiger partial charge >= 0.3 is 0 Å². The molecule has 0 atom stereocenters. The molecule has 0 saturated heterocycles. The fourth-order valence-corrected chi connectivity index (χ4v) is 4.82. The molecular weight excluding hydrogens is 677 g/mol. The zero-order valence-electron chi connectivity index (χ0n) is 26.7. The maximum atomic E-state index is 14.8. The number of hydrogen-bond acceptors (Lipinski definition) is 4. The lowest BCUT2D eigenvalue weighted by atomic mass is 10.0. The van der Waals surface area contributed by atoms with Gasteiger partial charge in [0.15, 0.2) is 23.2 Å². The zero-order valence-corrected chi connectivity index (χ0v) is 26.7. The van der Waals surface area contributed by atoms with E-state index in [0.29, 0.717) is 41.6 Å². The van der Waals surface area contributed by atoms with Gasteiger partial charge in [0, 0.05) is 28.8 Å². The molecular formula is C40H29F7O4. The van der Waals surface area contributed by atoms with Gasteiger partial charge < -0.3 is 14.2 Å². The SMILES string of the molecule is FCc1c(F)cc(-c2c(OCc3ccccc3)cc(OCc3ccccc3)cc2OCc2ccccc2)cc1F.FOc1cc(F)c(F)c(F)c1. The molecule has 6 rings (SSSR count). The van der Waals surface area contributed by atoms with E-state index < -0.39 is 47.1 Å². The van der Waals surface area contributed by atoms with Crippen LogP contribution in [0, 0.1) is 29.1 Å². The van der Waals surface area contributed by atoms with Crippen molar-refractivity contribution < 1.29 is 50.0 Å². The van der Waals surface area contributed by atoms with Crippen LogP contribution in [0.2, 0.25) is 0 Å². The third kappa shape index (κ3) is 9.81. The molecule has 0 bridgehead atoms. The summed E-state index contributed by atoms with van der Waals surface area (Å²) in [7, 11) is 0. The summed E-state index contributed by atoms with van der Waals surface area (Å²) in [6.07, 6.45) is 0. The van der Waals surface area contributed by atoms with Crippen molar-refractivity contribution in [1.82, 2.24) is 0 Å². The van der Waals surface area contributed by atoms with E-state index in [1.807, 2.05) is 91.0 Å². The van der Waals surface area contributed by atoms with Crippen LogP contribution in [0.25, 0.3) is 11.1 Å². The van der Waals surface area contributed by atoms with Crippen LogP contribution >= 0.6 is 0 Å². The number of benzene rings is 6. The highest BCUT2D eigenvalue weighted by Gasteiger charge is 2.21. The first kappa shape index (κ1) is 36.3. The third-order valence-electron chi connectivity index (χ3n) is 7.37. The van der Waals surface area contributed by atoms with Crippen LogP contribution in [0.5, 0.6) is 23.0 Å². The van der Waals surface area contributed by atoms with Crippen molar-refractivity contribution in [1.29, 1.82) is 0 Å². The molecule has 51 heavy (non-hydrogen) atoms. The molecule has 0 fully saturated rings. The predicted molar refractivity (Wildman–Crippen MR) is 177 cm³/mol. The maximum absolute atomic E-state index is 14.8. The quantitative estimate of drug-likeness (QED) is 0.0938. The molecule has 0 heterocycles. The summed E-state index contributed by atoms with van der Waals surface area (Å²) in [5.41, 5.74) is 2.65. The average molecular weight is 707 g/mol. The summed E-state index contributed by atoms with van der Waals surface area (Å²) in [5.74, 6) is -6.22. The fraction of sp³-hybridized carbons (Fsp3) is 0.100. The molecule has 0 radical (unpaired) electrons. The van der Waals surface area contributed by atoms with Crippen molar-refractivity contribution in [3.05, 3.63) is 179 Å². The molecule has 0 saturated carbocycles. The smallest absolute Gasteiger partial charge is 0.194 e. The summed E-state index contributed by atoms with van der Waals surface area (Å²) in [4.78, 5) is 2.98. The summed E-state index contributed by atoms with van der Waals surface area (Å²) < 4.78 is 109. The molecule has 6 aromatic carbocycles. The third-order valence-corrected chi connectivity index (χ3v) is 7.37.